The molecule has 24 heavy (non-hydrogen) atoms. The fourth-order valence-electron chi connectivity index (χ4n) is 3.22. The van der Waals surface area contributed by atoms with E-state index >= 15 is 0 Å². The van der Waals surface area contributed by atoms with E-state index in [0.717, 1.165) is 5.56 Å². The van der Waals surface area contributed by atoms with Crippen LogP contribution in [0.4, 0.5) is 0 Å². The number of carbonyl (C=O) groups is 2. The van der Waals surface area contributed by atoms with Gasteiger partial charge < -0.3 is 10.0 Å². The van der Waals surface area contributed by atoms with Crippen molar-refractivity contribution in [3.8, 4) is 0 Å². The molecule has 0 radical (unpaired) electrons. The van der Waals surface area contributed by atoms with Gasteiger partial charge in [0, 0.05) is 25.2 Å². The van der Waals surface area contributed by atoms with E-state index in [2.05, 4.69) is 9.97 Å². The average molecular weight is 325 g/mol. The van der Waals surface area contributed by atoms with Gasteiger partial charge in [0.25, 0.3) is 5.91 Å². The molecule has 0 aliphatic carbocycles. The first kappa shape index (κ1) is 16.1. The number of aryl methyl sites for hydroxylation is 2. The first-order chi connectivity index (χ1) is 11.5. The van der Waals surface area contributed by atoms with Crippen LogP contribution in [0, 0.1) is 19.8 Å². The molecule has 1 saturated heterocycles. The Kier molecular flexibility index (Phi) is 4.29. The summed E-state index contributed by atoms with van der Waals surface area (Å²) in [6.45, 7) is 4.11. The van der Waals surface area contributed by atoms with Gasteiger partial charge in [0.2, 0.25) is 0 Å². The smallest absolute Gasteiger partial charge is 0.308 e. The molecule has 3 rings (SSSR count). The number of benzene rings is 1. The van der Waals surface area contributed by atoms with E-state index in [9.17, 15) is 14.7 Å². The topological polar surface area (TPSA) is 83.4 Å². The van der Waals surface area contributed by atoms with Gasteiger partial charge in [0.05, 0.1) is 17.2 Å². The first-order valence-corrected chi connectivity index (χ1v) is 7.84. The summed E-state index contributed by atoms with van der Waals surface area (Å²) in [6, 6.07) is 9.49. The van der Waals surface area contributed by atoms with Gasteiger partial charge in [-0.1, -0.05) is 30.3 Å². The van der Waals surface area contributed by atoms with Crippen LogP contribution in [0.25, 0.3) is 0 Å². The predicted octanol–water partition coefficient (Wildman–Crippen LogP) is 2.03. The summed E-state index contributed by atoms with van der Waals surface area (Å²) in [5.41, 5.74) is 1.98. The maximum Gasteiger partial charge on any atom is 0.308 e. The van der Waals surface area contributed by atoms with Gasteiger partial charge in [-0.2, -0.15) is 0 Å². The number of rotatable bonds is 3. The van der Waals surface area contributed by atoms with Crippen molar-refractivity contribution < 1.29 is 14.7 Å². The maximum atomic E-state index is 12.8. The highest BCUT2D eigenvalue weighted by molar-refractivity contribution is 5.95. The second-order valence-corrected chi connectivity index (χ2v) is 6.09. The zero-order chi connectivity index (χ0) is 17.3. The minimum absolute atomic E-state index is 0.195. The molecule has 6 heteroatoms. The molecule has 0 bridgehead atoms. The van der Waals surface area contributed by atoms with Crippen LogP contribution >= 0.6 is 0 Å². The van der Waals surface area contributed by atoms with Crippen LogP contribution in [0.5, 0.6) is 0 Å². The number of carboxylic acids is 1. The Morgan fingerprint density at radius 2 is 1.88 bits per heavy atom. The van der Waals surface area contributed by atoms with Crippen LogP contribution < -0.4 is 0 Å². The standard InChI is InChI=1S/C18H19N3O3/c1-11-14(8-19-12(2)20-11)17(22)21-9-15(16(10-21)18(23)24)13-6-4-3-5-7-13/h3-8,15-16H,9-10H2,1-2H3,(H,23,24). The minimum atomic E-state index is -0.879. The lowest BCUT2D eigenvalue weighted by atomic mass is 9.89. The Morgan fingerprint density at radius 1 is 1.17 bits per heavy atom. The second kappa shape index (κ2) is 6.39. The van der Waals surface area contributed by atoms with E-state index in [1.807, 2.05) is 30.3 Å². The zero-order valence-corrected chi connectivity index (χ0v) is 13.6. The largest absolute Gasteiger partial charge is 0.481 e. The van der Waals surface area contributed by atoms with Crippen LogP contribution in [-0.2, 0) is 4.79 Å². The lowest BCUT2D eigenvalue weighted by molar-refractivity contribution is -0.141. The quantitative estimate of drug-likeness (QED) is 0.933. The van der Waals surface area contributed by atoms with Crippen LogP contribution in [-0.4, -0.2) is 44.9 Å². The lowest BCUT2D eigenvalue weighted by Crippen LogP contribution is -2.30. The van der Waals surface area contributed by atoms with Gasteiger partial charge in [-0.25, -0.2) is 9.97 Å². The number of hydrogen-bond acceptors (Lipinski definition) is 4. The number of aromatic nitrogens is 2. The SMILES string of the molecule is Cc1ncc(C(=O)N2CC(C(=O)O)C(c3ccccc3)C2)c(C)n1. The summed E-state index contributed by atoms with van der Waals surface area (Å²) in [7, 11) is 0. The predicted molar refractivity (Wildman–Crippen MR) is 87.7 cm³/mol. The molecule has 124 valence electrons. The van der Waals surface area contributed by atoms with E-state index in [0.29, 0.717) is 23.6 Å². The third kappa shape index (κ3) is 2.99. The van der Waals surface area contributed by atoms with Crippen LogP contribution in [0.15, 0.2) is 36.5 Å². The number of amides is 1. The zero-order valence-electron chi connectivity index (χ0n) is 13.6. The summed E-state index contributed by atoms with van der Waals surface area (Å²) in [6.07, 6.45) is 1.52. The van der Waals surface area contributed by atoms with E-state index in [-0.39, 0.29) is 18.4 Å². The van der Waals surface area contributed by atoms with Crippen molar-refractivity contribution in [1.82, 2.24) is 14.9 Å². The molecular weight excluding hydrogens is 306 g/mol. The summed E-state index contributed by atoms with van der Waals surface area (Å²) in [5, 5.41) is 9.54. The van der Waals surface area contributed by atoms with Gasteiger partial charge in [-0.15, -0.1) is 0 Å². The molecule has 0 spiro atoms. The number of likely N-dealkylation sites (tertiary alicyclic amines) is 1. The van der Waals surface area contributed by atoms with Crippen LogP contribution in [0.1, 0.15) is 33.4 Å². The fourth-order valence-corrected chi connectivity index (χ4v) is 3.22. The highest BCUT2D eigenvalue weighted by atomic mass is 16.4. The number of nitrogens with zero attached hydrogens (tertiary/aromatic N) is 3. The number of aliphatic carboxylic acids is 1. The van der Waals surface area contributed by atoms with Crippen molar-refractivity contribution in [2.24, 2.45) is 5.92 Å². The highest BCUT2D eigenvalue weighted by Crippen LogP contribution is 2.33. The number of carbonyl (C=O) groups excluding carboxylic acids is 1. The Labute approximate surface area is 140 Å². The molecule has 1 aromatic carbocycles. The number of hydrogen-bond donors (Lipinski definition) is 1. The highest BCUT2D eigenvalue weighted by Gasteiger charge is 2.40. The van der Waals surface area contributed by atoms with Crippen LogP contribution in [0.3, 0.4) is 0 Å². The minimum Gasteiger partial charge on any atom is -0.481 e. The van der Waals surface area contributed by atoms with E-state index in [1.165, 1.54) is 6.20 Å². The third-order valence-corrected chi connectivity index (χ3v) is 4.48. The van der Waals surface area contributed by atoms with Crippen molar-refractivity contribution in [1.29, 1.82) is 0 Å². The van der Waals surface area contributed by atoms with E-state index < -0.39 is 11.9 Å². The molecular formula is C18H19N3O3. The van der Waals surface area contributed by atoms with E-state index in [4.69, 9.17) is 0 Å². The fraction of sp³-hybridized carbons (Fsp3) is 0.333. The molecule has 1 aromatic heterocycles. The molecule has 2 unspecified atom stereocenters. The normalized spacial score (nSPS) is 20.2. The van der Waals surface area contributed by atoms with E-state index in [1.54, 1.807) is 18.7 Å². The Hall–Kier alpha value is -2.76. The van der Waals surface area contributed by atoms with Crippen molar-refractivity contribution >= 4 is 11.9 Å². The van der Waals surface area contributed by atoms with Crippen molar-refractivity contribution in [3.63, 3.8) is 0 Å². The first-order valence-electron chi connectivity index (χ1n) is 7.84. The van der Waals surface area contributed by atoms with Gasteiger partial charge in [0.15, 0.2) is 0 Å². The molecule has 2 atom stereocenters. The molecule has 2 aromatic rings. The molecule has 1 aliphatic heterocycles. The summed E-state index contributed by atoms with van der Waals surface area (Å²) in [4.78, 5) is 34.3. The Balaban J connectivity index is 1.87. The van der Waals surface area contributed by atoms with Gasteiger partial charge in [-0.3, -0.25) is 9.59 Å². The lowest BCUT2D eigenvalue weighted by Gasteiger charge is -2.17. The molecule has 1 fully saturated rings. The maximum absolute atomic E-state index is 12.8. The monoisotopic (exact) mass is 325 g/mol. The number of carboxylic acid groups (broad SMARTS) is 1. The third-order valence-electron chi connectivity index (χ3n) is 4.48. The molecule has 1 aliphatic rings. The van der Waals surface area contributed by atoms with Gasteiger partial charge in [0.1, 0.15) is 5.82 Å². The summed E-state index contributed by atoms with van der Waals surface area (Å²) >= 11 is 0. The second-order valence-electron chi connectivity index (χ2n) is 6.09. The Bertz CT molecular complexity index is 776. The molecule has 1 N–H and O–H groups in total. The van der Waals surface area contributed by atoms with Crippen molar-refractivity contribution in [2.45, 2.75) is 19.8 Å². The van der Waals surface area contributed by atoms with Gasteiger partial charge >= 0.3 is 5.97 Å². The summed E-state index contributed by atoms with van der Waals surface area (Å²) < 4.78 is 0. The van der Waals surface area contributed by atoms with Gasteiger partial charge in [-0.05, 0) is 19.4 Å². The molecule has 6 nitrogen and oxygen atoms in total. The van der Waals surface area contributed by atoms with Crippen molar-refractivity contribution in [2.75, 3.05) is 13.1 Å². The average Bonchev–Trinajstić information content (AvgIpc) is 3.01. The summed E-state index contributed by atoms with van der Waals surface area (Å²) in [5.74, 6) is -1.30. The molecule has 0 saturated carbocycles. The Morgan fingerprint density at radius 3 is 2.50 bits per heavy atom. The van der Waals surface area contributed by atoms with Crippen molar-refractivity contribution in [3.05, 3.63) is 59.2 Å². The molecule has 2 heterocycles. The van der Waals surface area contributed by atoms with Crippen LogP contribution in [0.2, 0.25) is 0 Å². The molecule has 1 amide bonds.